The van der Waals surface area contributed by atoms with Gasteiger partial charge in [-0.1, -0.05) is 36.5 Å². The molecule has 134 valence electrons. The second kappa shape index (κ2) is 8.96. The number of halogens is 1. The van der Waals surface area contributed by atoms with Crippen LogP contribution in [0.5, 0.6) is 5.75 Å². The Morgan fingerprint density at radius 2 is 2.16 bits per heavy atom. The summed E-state index contributed by atoms with van der Waals surface area (Å²) in [4.78, 5) is 24.7. The van der Waals surface area contributed by atoms with Crippen LogP contribution < -0.4 is 9.84 Å². The van der Waals surface area contributed by atoms with Gasteiger partial charge in [-0.2, -0.15) is 0 Å². The summed E-state index contributed by atoms with van der Waals surface area (Å²) in [6.07, 6.45) is 3.45. The third kappa shape index (κ3) is 5.27. The first-order chi connectivity index (χ1) is 11.9. The Morgan fingerprint density at radius 3 is 2.80 bits per heavy atom. The molecule has 1 aromatic carbocycles. The van der Waals surface area contributed by atoms with Crippen molar-refractivity contribution in [2.75, 3.05) is 13.7 Å². The van der Waals surface area contributed by atoms with Gasteiger partial charge in [0.25, 0.3) is 5.91 Å². The number of hydrogen-bond donors (Lipinski definition) is 0. The highest BCUT2D eigenvalue weighted by molar-refractivity contribution is 8.26. The summed E-state index contributed by atoms with van der Waals surface area (Å²) in [6, 6.07) is 4.46. The molecule has 1 amide bonds. The number of carbonyl (C=O) groups is 2. The Morgan fingerprint density at radius 1 is 1.40 bits per heavy atom. The lowest BCUT2D eigenvalue weighted by atomic mass is 10.2. The number of rotatable bonds is 8. The molecule has 1 saturated heterocycles. The molecule has 1 aliphatic heterocycles. The van der Waals surface area contributed by atoms with E-state index in [0.29, 0.717) is 40.6 Å². The van der Waals surface area contributed by atoms with Gasteiger partial charge in [0.05, 0.1) is 12.0 Å². The van der Waals surface area contributed by atoms with E-state index < -0.39 is 11.8 Å². The van der Waals surface area contributed by atoms with E-state index in [4.69, 9.17) is 17.0 Å². The highest BCUT2D eigenvalue weighted by Crippen LogP contribution is 2.33. The van der Waals surface area contributed by atoms with Crippen LogP contribution in [0.1, 0.15) is 31.2 Å². The number of thiocarbonyl (C=S) groups is 1. The summed E-state index contributed by atoms with van der Waals surface area (Å²) < 4.78 is 19.1. The maximum absolute atomic E-state index is 13.7. The summed E-state index contributed by atoms with van der Waals surface area (Å²) >= 11 is 6.40. The molecule has 0 aliphatic carbocycles. The van der Waals surface area contributed by atoms with E-state index in [-0.39, 0.29) is 18.1 Å². The molecule has 0 radical (unpaired) electrons. The molecule has 1 aliphatic rings. The van der Waals surface area contributed by atoms with Crippen molar-refractivity contribution in [3.63, 3.8) is 0 Å². The number of ether oxygens (including phenoxy) is 1. The van der Waals surface area contributed by atoms with Gasteiger partial charge in [0.1, 0.15) is 4.32 Å². The molecule has 1 aromatic rings. The number of carboxylic acid groups (broad SMARTS) is 1. The fraction of sp³-hybridized carbons (Fsp3) is 0.353. The van der Waals surface area contributed by atoms with Crippen molar-refractivity contribution in [3.05, 3.63) is 34.5 Å². The largest absolute Gasteiger partial charge is 0.550 e. The SMILES string of the molecule is COc1ccc(/C=C2\SC(=S)N(CCCCCC(=O)[O-])C2=O)cc1F. The Hall–Kier alpha value is -1.93. The molecule has 0 unspecified atom stereocenters. The van der Waals surface area contributed by atoms with Crippen molar-refractivity contribution in [2.45, 2.75) is 25.7 Å². The Kier molecular flexibility index (Phi) is 6.95. The van der Waals surface area contributed by atoms with Crippen molar-refractivity contribution < 1.29 is 23.8 Å². The topological polar surface area (TPSA) is 69.7 Å². The number of benzene rings is 1. The predicted molar refractivity (Wildman–Crippen MR) is 96.3 cm³/mol. The van der Waals surface area contributed by atoms with Crippen molar-refractivity contribution in [1.29, 1.82) is 0 Å². The van der Waals surface area contributed by atoms with E-state index in [0.717, 1.165) is 0 Å². The van der Waals surface area contributed by atoms with Gasteiger partial charge in [-0.15, -0.1) is 0 Å². The number of amides is 1. The molecule has 5 nitrogen and oxygen atoms in total. The monoisotopic (exact) mass is 382 g/mol. The predicted octanol–water partition coefficient (Wildman–Crippen LogP) is 2.35. The van der Waals surface area contributed by atoms with Gasteiger partial charge in [-0.25, -0.2) is 4.39 Å². The van der Waals surface area contributed by atoms with Crippen LogP contribution in [0.2, 0.25) is 0 Å². The number of unbranched alkanes of at least 4 members (excludes halogenated alkanes) is 2. The van der Waals surface area contributed by atoms with Gasteiger partial charge in [0, 0.05) is 12.5 Å². The van der Waals surface area contributed by atoms with Crippen LogP contribution >= 0.6 is 24.0 Å². The average Bonchev–Trinajstić information content (AvgIpc) is 2.81. The van der Waals surface area contributed by atoms with Gasteiger partial charge in [0.2, 0.25) is 0 Å². The van der Waals surface area contributed by atoms with Gasteiger partial charge < -0.3 is 14.6 Å². The smallest absolute Gasteiger partial charge is 0.266 e. The van der Waals surface area contributed by atoms with Crippen molar-refractivity contribution >= 4 is 46.3 Å². The fourth-order valence-corrected chi connectivity index (χ4v) is 3.64. The lowest BCUT2D eigenvalue weighted by Crippen LogP contribution is -2.29. The van der Waals surface area contributed by atoms with E-state index in [2.05, 4.69) is 0 Å². The second-order valence-electron chi connectivity index (χ2n) is 5.41. The Bertz CT molecular complexity index is 721. The maximum atomic E-state index is 13.7. The highest BCUT2D eigenvalue weighted by atomic mass is 32.2. The number of carbonyl (C=O) groups excluding carboxylic acids is 2. The summed E-state index contributed by atoms with van der Waals surface area (Å²) in [5.41, 5.74) is 0.549. The van der Waals surface area contributed by atoms with Gasteiger partial charge in [-0.05, 0) is 43.0 Å². The summed E-state index contributed by atoms with van der Waals surface area (Å²) in [5, 5.41) is 10.4. The van der Waals surface area contributed by atoms with Gasteiger partial charge in [-0.3, -0.25) is 9.69 Å². The van der Waals surface area contributed by atoms with Crippen LogP contribution in [0.4, 0.5) is 4.39 Å². The molecule has 25 heavy (non-hydrogen) atoms. The summed E-state index contributed by atoms with van der Waals surface area (Å²) in [6.45, 7) is 0.437. The second-order valence-corrected chi connectivity index (χ2v) is 7.09. The number of hydrogen-bond acceptors (Lipinski definition) is 6. The Labute approximate surface area is 154 Å². The third-order valence-electron chi connectivity index (χ3n) is 3.61. The summed E-state index contributed by atoms with van der Waals surface area (Å²) in [5.74, 6) is -1.65. The van der Waals surface area contributed by atoms with E-state index in [1.54, 1.807) is 12.1 Å². The van der Waals surface area contributed by atoms with E-state index in [9.17, 15) is 19.1 Å². The van der Waals surface area contributed by atoms with Gasteiger partial charge in [0.15, 0.2) is 11.6 Å². The first-order valence-corrected chi connectivity index (χ1v) is 8.93. The number of aliphatic carboxylic acids is 1. The quantitative estimate of drug-likeness (QED) is 0.391. The average molecular weight is 382 g/mol. The number of methoxy groups -OCH3 is 1. The molecule has 0 N–H and O–H groups in total. The first-order valence-electron chi connectivity index (χ1n) is 7.71. The van der Waals surface area contributed by atoms with Crippen LogP contribution in [0, 0.1) is 5.82 Å². The minimum absolute atomic E-state index is 0.0152. The molecule has 0 spiro atoms. The maximum Gasteiger partial charge on any atom is 0.266 e. The van der Waals surface area contributed by atoms with Gasteiger partial charge >= 0.3 is 0 Å². The lowest BCUT2D eigenvalue weighted by Gasteiger charge is -2.14. The van der Waals surface area contributed by atoms with Crippen LogP contribution in [0.15, 0.2) is 23.1 Å². The van der Waals surface area contributed by atoms with Crippen molar-refractivity contribution in [2.24, 2.45) is 0 Å². The van der Waals surface area contributed by atoms with Crippen molar-refractivity contribution in [3.8, 4) is 5.75 Å². The molecule has 0 atom stereocenters. The molecule has 8 heteroatoms. The van der Waals surface area contributed by atoms with Crippen LogP contribution in [0.25, 0.3) is 6.08 Å². The highest BCUT2D eigenvalue weighted by Gasteiger charge is 2.31. The van der Waals surface area contributed by atoms with Crippen LogP contribution in [0.3, 0.4) is 0 Å². The first kappa shape index (κ1) is 19.4. The molecule has 2 rings (SSSR count). The molecule has 0 aromatic heterocycles. The zero-order chi connectivity index (χ0) is 18.4. The number of nitrogens with zero attached hydrogens (tertiary/aromatic N) is 1. The van der Waals surface area contributed by atoms with E-state index in [1.165, 1.54) is 35.9 Å². The zero-order valence-corrected chi connectivity index (χ0v) is 15.3. The molecular formula is C17H17FNO4S2-. The molecule has 0 bridgehead atoms. The number of thioether (sulfide) groups is 1. The molecule has 1 heterocycles. The van der Waals surface area contributed by atoms with Crippen LogP contribution in [-0.2, 0) is 9.59 Å². The zero-order valence-electron chi connectivity index (χ0n) is 13.6. The van der Waals surface area contributed by atoms with Crippen LogP contribution in [-0.4, -0.2) is 34.8 Å². The van der Waals surface area contributed by atoms with Crippen molar-refractivity contribution in [1.82, 2.24) is 4.90 Å². The van der Waals surface area contributed by atoms with E-state index >= 15 is 0 Å². The van der Waals surface area contributed by atoms with E-state index in [1.807, 2.05) is 0 Å². The number of carboxylic acids is 1. The fourth-order valence-electron chi connectivity index (χ4n) is 2.33. The molecule has 1 fully saturated rings. The Balaban J connectivity index is 1.97. The molecule has 0 saturated carbocycles. The lowest BCUT2D eigenvalue weighted by molar-refractivity contribution is -0.305. The third-order valence-corrected chi connectivity index (χ3v) is 4.99. The summed E-state index contributed by atoms with van der Waals surface area (Å²) in [7, 11) is 1.39. The minimum atomic E-state index is -1.07. The minimum Gasteiger partial charge on any atom is -0.550 e. The molecular weight excluding hydrogens is 365 g/mol. The standard InChI is InChI=1S/C17H18FNO4S2/c1-23-13-7-6-11(9-12(13)18)10-14-16(22)19(17(24)25-14)8-4-2-3-5-15(20)21/h6-7,9-10H,2-5,8H2,1H3,(H,20,21)/p-1/b14-10-. The normalized spacial score (nSPS) is 15.9.